The Labute approximate surface area is 142 Å². The standard InChI is InChI=1S/C18H24N2O4/c1-3-24-17(21)15-9-12-20(13-10-15)18(22)19-11-8-14-4-6-16(23-2)7-5-14/h4-8,11,15H,3,9-10,12-13H2,1-2H3,(H,19,22)/b11-8+. The first-order valence-corrected chi connectivity index (χ1v) is 8.16. The molecular formula is C18H24N2O4. The molecule has 0 atom stereocenters. The van der Waals surface area contributed by atoms with Crippen molar-refractivity contribution in [2.75, 3.05) is 26.8 Å². The van der Waals surface area contributed by atoms with Gasteiger partial charge < -0.3 is 19.7 Å². The molecule has 0 aliphatic carbocycles. The van der Waals surface area contributed by atoms with Crippen LogP contribution in [-0.2, 0) is 9.53 Å². The maximum absolute atomic E-state index is 12.1. The molecule has 1 saturated heterocycles. The van der Waals surface area contributed by atoms with Crippen LogP contribution in [0.3, 0.4) is 0 Å². The second-order valence-corrected chi connectivity index (χ2v) is 5.57. The van der Waals surface area contributed by atoms with Crippen LogP contribution >= 0.6 is 0 Å². The molecule has 2 amide bonds. The van der Waals surface area contributed by atoms with Crippen molar-refractivity contribution < 1.29 is 19.1 Å². The van der Waals surface area contributed by atoms with Gasteiger partial charge in [0.05, 0.1) is 19.6 Å². The van der Waals surface area contributed by atoms with Crippen LogP contribution in [0.2, 0.25) is 0 Å². The van der Waals surface area contributed by atoms with Crippen LogP contribution in [0, 0.1) is 5.92 Å². The lowest BCUT2D eigenvalue weighted by Crippen LogP contribution is -2.44. The van der Waals surface area contributed by atoms with Gasteiger partial charge in [0.1, 0.15) is 5.75 Å². The number of rotatable bonds is 5. The summed E-state index contributed by atoms with van der Waals surface area (Å²) in [6.45, 7) is 3.32. The molecule has 6 nitrogen and oxygen atoms in total. The number of hydrogen-bond donors (Lipinski definition) is 1. The molecule has 1 N–H and O–H groups in total. The van der Waals surface area contributed by atoms with Crippen LogP contribution in [0.15, 0.2) is 30.5 Å². The highest BCUT2D eigenvalue weighted by Gasteiger charge is 2.27. The molecule has 0 spiro atoms. The number of ether oxygens (including phenoxy) is 2. The van der Waals surface area contributed by atoms with Crippen LogP contribution in [0.1, 0.15) is 25.3 Å². The Kier molecular flexibility index (Phi) is 6.66. The summed E-state index contributed by atoms with van der Waals surface area (Å²) in [5.74, 6) is 0.543. The van der Waals surface area contributed by atoms with E-state index in [4.69, 9.17) is 9.47 Å². The zero-order valence-electron chi connectivity index (χ0n) is 14.2. The lowest BCUT2D eigenvalue weighted by atomic mass is 9.97. The number of likely N-dealkylation sites (tertiary alicyclic amines) is 1. The van der Waals surface area contributed by atoms with E-state index in [1.54, 1.807) is 25.1 Å². The van der Waals surface area contributed by atoms with Gasteiger partial charge in [0, 0.05) is 19.3 Å². The highest BCUT2D eigenvalue weighted by molar-refractivity contribution is 5.77. The summed E-state index contributed by atoms with van der Waals surface area (Å²) >= 11 is 0. The summed E-state index contributed by atoms with van der Waals surface area (Å²) in [5.41, 5.74) is 0.970. The van der Waals surface area contributed by atoms with Crippen molar-refractivity contribution >= 4 is 18.1 Å². The van der Waals surface area contributed by atoms with E-state index >= 15 is 0 Å². The number of carbonyl (C=O) groups excluding carboxylic acids is 2. The Morgan fingerprint density at radius 2 is 1.92 bits per heavy atom. The smallest absolute Gasteiger partial charge is 0.321 e. The first-order chi connectivity index (χ1) is 11.6. The van der Waals surface area contributed by atoms with Gasteiger partial charge in [-0.05, 0) is 43.5 Å². The van der Waals surface area contributed by atoms with E-state index in [0.717, 1.165) is 11.3 Å². The van der Waals surface area contributed by atoms with Crippen molar-refractivity contribution in [3.63, 3.8) is 0 Å². The molecular weight excluding hydrogens is 308 g/mol. The van der Waals surface area contributed by atoms with Gasteiger partial charge in [0.25, 0.3) is 0 Å². The maximum Gasteiger partial charge on any atom is 0.321 e. The van der Waals surface area contributed by atoms with Crippen molar-refractivity contribution in [1.29, 1.82) is 0 Å². The van der Waals surface area contributed by atoms with Gasteiger partial charge in [-0.3, -0.25) is 4.79 Å². The Balaban J connectivity index is 1.77. The van der Waals surface area contributed by atoms with Gasteiger partial charge in [-0.1, -0.05) is 12.1 Å². The summed E-state index contributed by atoms with van der Waals surface area (Å²) in [7, 11) is 1.62. The largest absolute Gasteiger partial charge is 0.497 e. The fourth-order valence-electron chi connectivity index (χ4n) is 2.59. The zero-order valence-corrected chi connectivity index (χ0v) is 14.2. The molecule has 2 rings (SSSR count). The number of esters is 1. The number of methoxy groups -OCH3 is 1. The average Bonchev–Trinajstić information content (AvgIpc) is 2.62. The van der Waals surface area contributed by atoms with E-state index in [9.17, 15) is 9.59 Å². The second kappa shape index (κ2) is 8.96. The molecule has 1 aliphatic rings. The minimum atomic E-state index is -0.156. The number of nitrogens with one attached hydrogen (secondary N) is 1. The highest BCUT2D eigenvalue weighted by Crippen LogP contribution is 2.18. The van der Waals surface area contributed by atoms with E-state index in [-0.39, 0.29) is 17.9 Å². The molecule has 1 heterocycles. The molecule has 1 aliphatic heterocycles. The molecule has 130 valence electrons. The number of piperidine rings is 1. The predicted octanol–water partition coefficient (Wildman–Crippen LogP) is 2.65. The molecule has 0 saturated carbocycles. The summed E-state index contributed by atoms with van der Waals surface area (Å²) in [6, 6.07) is 7.39. The fraction of sp³-hybridized carbons (Fsp3) is 0.444. The van der Waals surface area contributed by atoms with Gasteiger partial charge >= 0.3 is 12.0 Å². The Hall–Kier alpha value is -2.50. The molecule has 0 radical (unpaired) electrons. The number of carbonyl (C=O) groups is 2. The first kappa shape index (κ1) is 17.8. The SMILES string of the molecule is CCOC(=O)C1CCN(C(=O)N/C=C/c2ccc(OC)cc2)CC1. The minimum Gasteiger partial charge on any atom is -0.497 e. The van der Waals surface area contributed by atoms with Crippen molar-refractivity contribution in [2.24, 2.45) is 5.92 Å². The number of urea groups is 1. The maximum atomic E-state index is 12.1. The summed E-state index contributed by atoms with van der Waals surface area (Å²) in [6.07, 6.45) is 4.74. The van der Waals surface area contributed by atoms with Crippen LogP contribution < -0.4 is 10.1 Å². The quantitative estimate of drug-likeness (QED) is 0.842. The third-order valence-electron chi connectivity index (χ3n) is 4.00. The number of hydrogen-bond acceptors (Lipinski definition) is 4. The van der Waals surface area contributed by atoms with Crippen molar-refractivity contribution in [3.8, 4) is 5.75 Å². The molecule has 1 aromatic rings. The van der Waals surface area contributed by atoms with E-state index in [1.165, 1.54) is 0 Å². The summed E-state index contributed by atoms with van der Waals surface area (Å²) in [4.78, 5) is 25.5. The van der Waals surface area contributed by atoms with E-state index in [0.29, 0.717) is 32.5 Å². The summed E-state index contributed by atoms with van der Waals surface area (Å²) < 4.78 is 10.1. The molecule has 0 unspecified atom stereocenters. The zero-order chi connectivity index (χ0) is 17.4. The summed E-state index contributed by atoms with van der Waals surface area (Å²) in [5, 5.41) is 2.76. The fourth-order valence-corrected chi connectivity index (χ4v) is 2.59. The van der Waals surface area contributed by atoms with E-state index in [2.05, 4.69) is 5.32 Å². The predicted molar refractivity (Wildman–Crippen MR) is 91.5 cm³/mol. The van der Waals surface area contributed by atoms with Gasteiger partial charge in [0.2, 0.25) is 0 Å². The van der Waals surface area contributed by atoms with Crippen molar-refractivity contribution in [3.05, 3.63) is 36.0 Å². The van der Waals surface area contributed by atoms with Crippen LogP contribution in [-0.4, -0.2) is 43.7 Å². The van der Waals surface area contributed by atoms with Crippen molar-refractivity contribution in [1.82, 2.24) is 10.2 Å². The molecule has 1 fully saturated rings. The lowest BCUT2D eigenvalue weighted by molar-refractivity contribution is -0.149. The van der Waals surface area contributed by atoms with Gasteiger partial charge in [-0.25, -0.2) is 4.79 Å². The van der Waals surface area contributed by atoms with E-state index in [1.807, 2.05) is 30.3 Å². The van der Waals surface area contributed by atoms with E-state index < -0.39 is 0 Å². The monoisotopic (exact) mass is 332 g/mol. The topological polar surface area (TPSA) is 67.9 Å². The van der Waals surface area contributed by atoms with Gasteiger partial charge in [0.15, 0.2) is 0 Å². The number of nitrogens with zero attached hydrogens (tertiary/aromatic N) is 1. The van der Waals surface area contributed by atoms with Crippen molar-refractivity contribution in [2.45, 2.75) is 19.8 Å². The third kappa shape index (κ3) is 5.01. The molecule has 1 aromatic carbocycles. The number of benzene rings is 1. The van der Waals surface area contributed by atoms with Crippen LogP contribution in [0.25, 0.3) is 6.08 Å². The first-order valence-electron chi connectivity index (χ1n) is 8.16. The minimum absolute atomic E-state index is 0.0937. The number of amides is 2. The van der Waals surface area contributed by atoms with Gasteiger partial charge in [-0.2, -0.15) is 0 Å². The Bertz CT molecular complexity index is 575. The Morgan fingerprint density at radius 1 is 1.25 bits per heavy atom. The second-order valence-electron chi connectivity index (χ2n) is 5.57. The molecule has 24 heavy (non-hydrogen) atoms. The average molecular weight is 332 g/mol. The molecule has 0 aromatic heterocycles. The van der Waals surface area contributed by atoms with Gasteiger partial charge in [-0.15, -0.1) is 0 Å². The van der Waals surface area contributed by atoms with Crippen LogP contribution in [0.5, 0.6) is 5.75 Å². The molecule has 6 heteroatoms. The Morgan fingerprint density at radius 3 is 2.50 bits per heavy atom. The lowest BCUT2D eigenvalue weighted by Gasteiger charge is -2.30. The third-order valence-corrected chi connectivity index (χ3v) is 4.00. The van der Waals surface area contributed by atoms with Crippen LogP contribution in [0.4, 0.5) is 4.79 Å². The normalized spacial score (nSPS) is 15.3. The molecule has 0 bridgehead atoms. The highest BCUT2D eigenvalue weighted by atomic mass is 16.5.